The Labute approximate surface area is 112 Å². The maximum atomic E-state index is 5.67. The van der Waals surface area contributed by atoms with Gasteiger partial charge < -0.3 is 11.1 Å². The second kappa shape index (κ2) is 5.14. The van der Waals surface area contributed by atoms with Gasteiger partial charge in [0.05, 0.1) is 5.56 Å². The number of nitrogens with two attached hydrogens (primary N) is 1. The molecule has 0 aliphatic heterocycles. The van der Waals surface area contributed by atoms with Crippen molar-refractivity contribution >= 4 is 28.7 Å². The highest BCUT2D eigenvalue weighted by Gasteiger charge is 2.06. The largest absolute Gasteiger partial charge is 0.389 e. The number of nitrogens with one attached hydrogen (secondary N) is 1. The molecule has 4 heteroatoms. The topological polar surface area (TPSA) is 50.9 Å². The number of hydrogen-bond donors (Lipinski definition) is 2. The molecule has 1 aromatic carbocycles. The molecule has 1 aromatic heterocycles. The molecule has 0 bridgehead atoms. The molecule has 0 amide bonds. The fourth-order valence-electron chi connectivity index (χ4n) is 1.66. The second-order valence-electron chi connectivity index (χ2n) is 4.19. The molecule has 0 aliphatic carbocycles. The van der Waals surface area contributed by atoms with Crippen molar-refractivity contribution in [1.82, 2.24) is 4.98 Å². The standard InChI is InChI=1S/C14H15N3S/c1-9-5-6-11(8-10(9)2)17-14-12(13(15)18)4-3-7-16-14/h3-8H,1-2H3,(H2,15,18)(H,16,17). The van der Waals surface area contributed by atoms with Crippen LogP contribution in [0.2, 0.25) is 0 Å². The van der Waals surface area contributed by atoms with Crippen LogP contribution in [-0.2, 0) is 0 Å². The van der Waals surface area contributed by atoms with E-state index in [9.17, 15) is 0 Å². The van der Waals surface area contributed by atoms with Crippen molar-refractivity contribution in [3.05, 3.63) is 53.2 Å². The molecule has 0 saturated heterocycles. The highest BCUT2D eigenvalue weighted by atomic mass is 32.1. The van der Waals surface area contributed by atoms with Crippen molar-refractivity contribution < 1.29 is 0 Å². The molecule has 2 rings (SSSR count). The zero-order valence-electron chi connectivity index (χ0n) is 10.4. The van der Waals surface area contributed by atoms with Crippen molar-refractivity contribution in [2.75, 3.05) is 5.32 Å². The van der Waals surface area contributed by atoms with Gasteiger partial charge in [0.1, 0.15) is 10.8 Å². The van der Waals surface area contributed by atoms with Gasteiger partial charge in [-0.25, -0.2) is 4.98 Å². The van der Waals surface area contributed by atoms with Crippen LogP contribution in [0, 0.1) is 13.8 Å². The van der Waals surface area contributed by atoms with Gasteiger partial charge in [-0.1, -0.05) is 18.3 Å². The smallest absolute Gasteiger partial charge is 0.140 e. The van der Waals surface area contributed by atoms with Crippen LogP contribution >= 0.6 is 12.2 Å². The van der Waals surface area contributed by atoms with E-state index in [0.717, 1.165) is 11.3 Å². The first-order valence-electron chi connectivity index (χ1n) is 5.67. The summed E-state index contributed by atoms with van der Waals surface area (Å²) in [6.45, 7) is 4.16. The van der Waals surface area contributed by atoms with Crippen molar-refractivity contribution in [2.45, 2.75) is 13.8 Å². The van der Waals surface area contributed by atoms with Crippen LogP contribution in [0.1, 0.15) is 16.7 Å². The third kappa shape index (κ3) is 2.65. The van der Waals surface area contributed by atoms with Crippen LogP contribution in [0.4, 0.5) is 11.5 Å². The predicted molar refractivity (Wildman–Crippen MR) is 79.3 cm³/mol. The molecular weight excluding hydrogens is 242 g/mol. The van der Waals surface area contributed by atoms with Crippen LogP contribution in [0.15, 0.2) is 36.5 Å². The minimum absolute atomic E-state index is 0.342. The summed E-state index contributed by atoms with van der Waals surface area (Å²) >= 11 is 5.01. The molecule has 0 radical (unpaired) electrons. The van der Waals surface area contributed by atoms with E-state index in [1.54, 1.807) is 6.20 Å². The molecule has 0 unspecified atom stereocenters. The van der Waals surface area contributed by atoms with Gasteiger partial charge in [-0.05, 0) is 49.2 Å². The van der Waals surface area contributed by atoms with Crippen LogP contribution in [-0.4, -0.2) is 9.97 Å². The Morgan fingerprint density at radius 1 is 1.22 bits per heavy atom. The Hall–Kier alpha value is -1.94. The Balaban J connectivity index is 2.34. The maximum Gasteiger partial charge on any atom is 0.140 e. The van der Waals surface area contributed by atoms with Crippen LogP contribution in [0.25, 0.3) is 0 Å². The zero-order valence-corrected chi connectivity index (χ0v) is 11.2. The highest BCUT2D eigenvalue weighted by Crippen LogP contribution is 2.20. The lowest BCUT2D eigenvalue weighted by atomic mass is 10.1. The van der Waals surface area contributed by atoms with Crippen LogP contribution in [0.3, 0.4) is 0 Å². The van der Waals surface area contributed by atoms with Gasteiger partial charge in [0.25, 0.3) is 0 Å². The van der Waals surface area contributed by atoms with E-state index < -0.39 is 0 Å². The number of hydrogen-bond acceptors (Lipinski definition) is 3. The first-order valence-corrected chi connectivity index (χ1v) is 6.08. The predicted octanol–water partition coefficient (Wildman–Crippen LogP) is 3.08. The minimum Gasteiger partial charge on any atom is -0.389 e. The zero-order chi connectivity index (χ0) is 13.1. The van der Waals surface area contributed by atoms with E-state index >= 15 is 0 Å². The van der Waals surface area contributed by atoms with Crippen LogP contribution < -0.4 is 11.1 Å². The Morgan fingerprint density at radius 3 is 2.67 bits per heavy atom. The lowest BCUT2D eigenvalue weighted by Crippen LogP contribution is -2.12. The summed E-state index contributed by atoms with van der Waals surface area (Å²) in [6.07, 6.45) is 1.71. The summed E-state index contributed by atoms with van der Waals surface area (Å²) in [4.78, 5) is 4.61. The van der Waals surface area contributed by atoms with Gasteiger partial charge in [0.2, 0.25) is 0 Å². The van der Waals surface area contributed by atoms with Gasteiger partial charge in [0.15, 0.2) is 0 Å². The number of benzene rings is 1. The first-order chi connectivity index (χ1) is 8.58. The number of aryl methyl sites for hydroxylation is 2. The van der Waals surface area contributed by atoms with E-state index in [1.807, 2.05) is 18.2 Å². The molecule has 0 spiro atoms. The molecular formula is C14H15N3S. The number of pyridine rings is 1. The molecule has 0 aliphatic rings. The monoisotopic (exact) mass is 257 g/mol. The maximum absolute atomic E-state index is 5.67. The van der Waals surface area contributed by atoms with Gasteiger partial charge >= 0.3 is 0 Å². The lowest BCUT2D eigenvalue weighted by Gasteiger charge is -2.11. The summed E-state index contributed by atoms with van der Waals surface area (Å²) in [5, 5.41) is 3.24. The molecule has 3 N–H and O–H groups in total. The Bertz CT molecular complexity index is 593. The number of nitrogens with zero attached hydrogens (tertiary/aromatic N) is 1. The van der Waals surface area contributed by atoms with Crippen molar-refractivity contribution in [2.24, 2.45) is 5.73 Å². The average molecular weight is 257 g/mol. The molecule has 3 nitrogen and oxygen atoms in total. The summed E-state index contributed by atoms with van der Waals surface area (Å²) < 4.78 is 0. The number of rotatable bonds is 3. The van der Waals surface area contributed by atoms with Gasteiger partial charge in [-0.3, -0.25) is 0 Å². The van der Waals surface area contributed by atoms with E-state index in [1.165, 1.54) is 11.1 Å². The summed E-state index contributed by atoms with van der Waals surface area (Å²) in [5.41, 5.74) is 9.90. The van der Waals surface area contributed by atoms with E-state index in [0.29, 0.717) is 10.8 Å². The molecule has 18 heavy (non-hydrogen) atoms. The summed E-state index contributed by atoms with van der Waals surface area (Å²) in [7, 11) is 0. The number of thiocarbonyl (C=S) groups is 1. The quantitative estimate of drug-likeness (QED) is 0.830. The summed E-state index contributed by atoms with van der Waals surface area (Å²) in [5.74, 6) is 0.688. The van der Waals surface area contributed by atoms with Crippen molar-refractivity contribution in [3.63, 3.8) is 0 Å². The first kappa shape index (κ1) is 12.5. The number of anilines is 2. The fraction of sp³-hybridized carbons (Fsp3) is 0.143. The Kier molecular flexibility index (Phi) is 3.58. The van der Waals surface area contributed by atoms with Gasteiger partial charge in [-0.2, -0.15) is 0 Å². The van der Waals surface area contributed by atoms with Gasteiger partial charge in [-0.15, -0.1) is 0 Å². The average Bonchev–Trinajstić information content (AvgIpc) is 2.34. The molecule has 92 valence electrons. The minimum atomic E-state index is 0.342. The molecule has 2 aromatic rings. The molecule has 0 fully saturated rings. The van der Waals surface area contributed by atoms with Crippen molar-refractivity contribution in [3.8, 4) is 0 Å². The van der Waals surface area contributed by atoms with E-state index in [2.05, 4.69) is 36.3 Å². The molecule has 0 saturated carbocycles. The normalized spacial score (nSPS) is 10.1. The summed E-state index contributed by atoms with van der Waals surface area (Å²) in [6, 6.07) is 9.84. The van der Waals surface area contributed by atoms with Crippen molar-refractivity contribution in [1.29, 1.82) is 0 Å². The number of aromatic nitrogens is 1. The van der Waals surface area contributed by atoms with E-state index in [-0.39, 0.29) is 0 Å². The van der Waals surface area contributed by atoms with E-state index in [4.69, 9.17) is 18.0 Å². The molecule has 1 heterocycles. The second-order valence-corrected chi connectivity index (χ2v) is 4.63. The SMILES string of the molecule is Cc1ccc(Nc2ncccc2C(N)=S)cc1C. The Morgan fingerprint density at radius 2 is 2.00 bits per heavy atom. The lowest BCUT2D eigenvalue weighted by molar-refractivity contribution is 1.28. The fourth-order valence-corrected chi connectivity index (χ4v) is 1.82. The highest BCUT2D eigenvalue weighted by molar-refractivity contribution is 7.80. The molecule has 0 atom stereocenters. The van der Waals surface area contributed by atoms with Gasteiger partial charge in [0, 0.05) is 11.9 Å². The third-order valence-corrected chi connectivity index (χ3v) is 3.06. The van der Waals surface area contributed by atoms with Crippen LogP contribution in [0.5, 0.6) is 0 Å². The third-order valence-electron chi connectivity index (χ3n) is 2.84.